The lowest BCUT2D eigenvalue weighted by Gasteiger charge is -2.27. The molecule has 5 rings (SSSR count). The van der Waals surface area contributed by atoms with Gasteiger partial charge in [0, 0.05) is 17.0 Å². The average molecular weight is 519 g/mol. The van der Waals surface area contributed by atoms with Crippen LogP contribution in [0.4, 0.5) is 0 Å². The van der Waals surface area contributed by atoms with Crippen molar-refractivity contribution in [2.45, 2.75) is 12.3 Å². The molecule has 9 heteroatoms. The van der Waals surface area contributed by atoms with Gasteiger partial charge in [-0.2, -0.15) is 0 Å². The van der Waals surface area contributed by atoms with Gasteiger partial charge in [0.1, 0.15) is 11.5 Å². The van der Waals surface area contributed by atoms with Crippen LogP contribution in [0.3, 0.4) is 0 Å². The first kappa shape index (κ1) is 25.0. The van der Waals surface area contributed by atoms with Crippen molar-refractivity contribution in [2.24, 2.45) is 0 Å². The smallest absolute Gasteiger partial charge is 0.312 e. The van der Waals surface area contributed by atoms with Crippen molar-refractivity contribution < 1.29 is 42.7 Å². The molecule has 0 saturated carbocycles. The molecule has 0 aliphatic carbocycles. The molecule has 0 radical (unpaired) electrons. The fourth-order valence-corrected chi connectivity index (χ4v) is 4.86. The van der Waals surface area contributed by atoms with E-state index in [9.17, 15) is 9.59 Å². The van der Waals surface area contributed by atoms with E-state index in [1.165, 1.54) is 28.4 Å². The molecule has 3 aromatic rings. The lowest BCUT2D eigenvalue weighted by Crippen LogP contribution is -2.21. The van der Waals surface area contributed by atoms with Crippen LogP contribution in [-0.4, -0.2) is 47.3 Å². The number of rotatable bonds is 7. The Bertz CT molecular complexity index is 1450. The monoisotopic (exact) mass is 518 g/mol. The van der Waals surface area contributed by atoms with Crippen LogP contribution < -0.4 is 33.2 Å². The average Bonchev–Trinajstić information content (AvgIpc) is 3.25. The number of ether oxygens (including phenoxy) is 7. The van der Waals surface area contributed by atoms with Gasteiger partial charge in [-0.1, -0.05) is 12.1 Å². The van der Waals surface area contributed by atoms with Gasteiger partial charge >= 0.3 is 5.97 Å². The molecule has 1 atom stereocenters. The van der Waals surface area contributed by atoms with Gasteiger partial charge < -0.3 is 33.2 Å². The maximum Gasteiger partial charge on any atom is 0.312 e. The van der Waals surface area contributed by atoms with Gasteiger partial charge in [0.05, 0.1) is 47.5 Å². The summed E-state index contributed by atoms with van der Waals surface area (Å²) in [6.07, 6.45) is 1.64. The van der Waals surface area contributed by atoms with Crippen LogP contribution in [0, 0.1) is 0 Å². The Kier molecular flexibility index (Phi) is 6.59. The highest BCUT2D eigenvalue weighted by molar-refractivity contribution is 6.15. The van der Waals surface area contributed by atoms with E-state index in [-0.39, 0.29) is 18.0 Å². The Balaban J connectivity index is 1.63. The van der Waals surface area contributed by atoms with Crippen molar-refractivity contribution in [3.63, 3.8) is 0 Å². The van der Waals surface area contributed by atoms with Crippen molar-refractivity contribution >= 4 is 17.8 Å². The summed E-state index contributed by atoms with van der Waals surface area (Å²) >= 11 is 0. The van der Waals surface area contributed by atoms with Crippen LogP contribution in [0.15, 0.2) is 48.2 Å². The fourth-order valence-electron chi connectivity index (χ4n) is 4.86. The molecule has 3 aromatic carbocycles. The van der Waals surface area contributed by atoms with E-state index in [1.807, 2.05) is 0 Å². The second-order valence-electron chi connectivity index (χ2n) is 8.57. The van der Waals surface area contributed by atoms with Gasteiger partial charge in [-0.15, -0.1) is 0 Å². The lowest BCUT2D eigenvalue weighted by atomic mass is 9.84. The number of allylic oxidation sites excluding steroid dienone is 1. The lowest BCUT2D eigenvalue weighted by molar-refractivity contribution is -0.135. The van der Waals surface area contributed by atoms with Crippen molar-refractivity contribution in [1.29, 1.82) is 0 Å². The van der Waals surface area contributed by atoms with Crippen LogP contribution in [0.25, 0.3) is 6.08 Å². The summed E-state index contributed by atoms with van der Waals surface area (Å²) in [6.45, 7) is 0. The molecule has 2 aliphatic heterocycles. The molecule has 0 bridgehead atoms. The van der Waals surface area contributed by atoms with Gasteiger partial charge in [-0.3, -0.25) is 9.59 Å². The van der Waals surface area contributed by atoms with E-state index < -0.39 is 11.9 Å². The van der Waals surface area contributed by atoms with E-state index in [0.717, 1.165) is 0 Å². The molecule has 2 heterocycles. The summed E-state index contributed by atoms with van der Waals surface area (Å²) in [5, 5.41) is 0. The number of ketones is 1. The Morgan fingerprint density at radius 1 is 0.789 bits per heavy atom. The Morgan fingerprint density at radius 2 is 1.47 bits per heavy atom. The number of methoxy groups -OCH3 is 5. The van der Waals surface area contributed by atoms with Gasteiger partial charge in [0.25, 0.3) is 0 Å². The molecule has 196 valence electrons. The molecule has 0 unspecified atom stereocenters. The number of carbonyl (C=O) groups excluding carboxylic acids is 2. The molecular weight excluding hydrogens is 492 g/mol. The largest absolute Gasteiger partial charge is 0.493 e. The molecule has 2 aliphatic rings. The first-order valence-electron chi connectivity index (χ1n) is 11.8. The minimum atomic E-state index is -0.492. The van der Waals surface area contributed by atoms with Crippen LogP contribution in [0.5, 0.6) is 40.2 Å². The molecule has 38 heavy (non-hydrogen) atoms. The SMILES string of the molecule is COc1cccc(/C=C2\Oc3c(ccc4c3[C@H](c3cc(OC)c(OC)c(OC)c3)CC(=O)O4)C2=O)c1OC. The van der Waals surface area contributed by atoms with Crippen molar-refractivity contribution in [2.75, 3.05) is 35.5 Å². The number of esters is 1. The summed E-state index contributed by atoms with van der Waals surface area (Å²) in [7, 11) is 7.63. The van der Waals surface area contributed by atoms with E-state index in [1.54, 1.807) is 55.7 Å². The molecule has 0 aromatic heterocycles. The van der Waals surface area contributed by atoms with E-state index in [0.29, 0.717) is 62.5 Å². The molecule has 0 saturated heterocycles. The molecule has 0 fully saturated rings. The standard InChI is InChI=1S/C29H26O9/c1-32-20-8-6-7-15(27(20)35-4)11-21-26(31)17-9-10-19-25(28(17)38-21)18(14-24(30)37-19)16-12-22(33-2)29(36-5)23(13-16)34-3/h6-13,18H,14H2,1-5H3/b21-11-/t18-/m0/s1. The second kappa shape index (κ2) is 10.0. The Hall–Kier alpha value is -4.66. The number of carbonyl (C=O) groups is 2. The van der Waals surface area contributed by atoms with E-state index >= 15 is 0 Å². The highest BCUT2D eigenvalue weighted by atomic mass is 16.5. The molecule has 0 N–H and O–H groups in total. The first-order valence-corrected chi connectivity index (χ1v) is 11.8. The van der Waals surface area contributed by atoms with Gasteiger partial charge in [0.15, 0.2) is 28.8 Å². The maximum atomic E-state index is 13.4. The molecule has 0 spiro atoms. The Labute approximate surface area is 219 Å². The summed E-state index contributed by atoms with van der Waals surface area (Å²) < 4.78 is 39.1. The minimum absolute atomic E-state index is 0.0302. The van der Waals surface area contributed by atoms with E-state index in [4.69, 9.17) is 33.2 Å². The third kappa shape index (κ3) is 4.06. The van der Waals surface area contributed by atoms with Crippen LogP contribution in [0.2, 0.25) is 0 Å². The van der Waals surface area contributed by atoms with Crippen LogP contribution >= 0.6 is 0 Å². The van der Waals surface area contributed by atoms with E-state index in [2.05, 4.69) is 0 Å². The predicted molar refractivity (Wildman–Crippen MR) is 137 cm³/mol. The fraction of sp³-hybridized carbons (Fsp3) is 0.241. The number of para-hydroxylation sites is 1. The molecule has 0 amide bonds. The number of hydrogen-bond acceptors (Lipinski definition) is 9. The highest BCUT2D eigenvalue weighted by Crippen LogP contribution is 2.51. The zero-order chi connectivity index (χ0) is 27.0. The third-order valence-corrected chi connectivity index (χ3v) is 6.59. The minimum Gasteiger partial charge on any atom is -0.493 e. The zero-order valence-electron chi connectivity index (χ0n) is 21.6. The van der Waals surface area contributed by atoms with Gasteiger partial charge in [0.2, 0.25) is 11.5 Å². The molecular formula is C29H26O9. The summed E-state index contributed by atoms with van der Waals surface area (Å²) in [5.41, 5.74) is 2.29. The Morgan fingerprint density at radius 3 is 2.11 bits per heavy atom. The van der Waals surface area contributed by atoms with Gasteiger partial charge in [-0.25, -0.2) is 0 Å². The second-order valence-corrected chi connectivity index (χ2v) is 8.57. The summed E-state index contributed by atoms with van der Waals surface area (Å²) in [5.74, 6) is 1.89. The van der Waals surface area contributed by atoms with Gasteiger partial charge in [-0.05, 0) is 42.0 Å². The highest BCUT2D eigenvalue weighted by Gasteiger charge is 2.39. The quantitative estimate of drug-likeness (QED) is 0.248. The third-order valence-electron chi connectivity index (χ3n) is 6.59. The topological polar surface area (TPSA) is 98.8 Å². The normalized spacial score (nSPS) is 16.8. The molecule has 9 nitrogen and oxygen atoms in total. The van der Waals surface area contributed by atoms with Crippen molar-refractivity contribution in [1.82, 2.24) is 0 Å². The van der Waals surface area contributed by atoms with Crippen molar-refractivity contribution in [3.05, 3.63) is 70.5 Å². The summed E-state index contributed by atoms with van der Waals surface area (Å²) in [6, 6.07) is 12.1. The predicted octanol–water partition coefficient (Wildman–Crippen LogP) is 4.79. The summed E-state index contributed by atoms with van der Waals surface area (Å²) in [4.78, 5) is 26.0. The number of fused-ring (bicyclic) bond motifs is 3. The zero-order valence-corrected chi connectivity index (χ0v) is 21.6. The number of benzene rings is 3. The van der Waals surface area contributed by atoms with Crippen molar-refractivity contribution in [3.8, 4) is 40.2 Å². The number of hydrogen-bond donors (Lipinski definition) is 0. The maximum absolute atomic E-state index is 13.4. The van der Waals surface area contributed by atoms with Crippen LogP contribution in [-0.2, 0) is 4.79 Å². The van der Waals surface area contributed by atoms with Crippen LogP contribution in [0.1, 0.15) is 39.4 Å². The first-order chi connectivity index (χ1) is 18.4. The number of Topliss-reactive ketones (excluding diaryl/α,β-unsaturated/α-hetero) is 1.